The quantitative estimate of drug-likeness (QED) is 0.760. The minimum absolute atomic E-state index is 0.0152. The predicted molar refractivity (Wildman–Crippen MR) is 89.9 cm³/mol. The van der Waals surface area contributed by atoms with E-state index >= 15 is 0 Å². The molecule has 23 heavy (non-hydrogen) atoms. The number of fused-ring (bicyclic) bond motifs is 1. The highest BCUT2D eigenvalue weighted by atomic mass is 16.5. The van der Waals surface area contributed by atoms with Crippen LogP contribution in [-0.4, -0.2) is 41.3 Å². The molecule has 0 aliphatic carbocycles. The first-order chi connectivity index (χ1) is 11.2. The van der Waals surface area contributed by atoms with Gasteiger partial charge in [0, 0.05) is 37.1 Å². The molecular weight excluding hydrogens is 292 g/mol. The molecule has 4 rings (SSSR count). The van der Waals surface area contributed by atoms with Crippen LogP contribution in [0.5, 0.6) is 0 Å². The second-order valence-corrected chi connectivity index (χ2v) is 5.79. The van der Waals surface area contributed by atoms with E-state index in [1.807, 2.05) is 31.5 Å². The Morgan fingerprint density at radius 2 is 2.04 bits per heavy atom. The van der Waals surface area contributed by atoms with Crippen molar-refractivity contribution in [2.75, 3.05) is 31.2 Å². The summed E-state index contributed by atoms with van der Waals surface area (Å²) in [7, 11) is 0. The summed E-state index contributed by atoms with van der Waals surface area (Å²) in [5, 5.41) is 0. The van der Waals surface area contributed by atoms with Gasteiger partial charge in [-0.05, 0) is 18.6 Å². The number of H-pyrrole nitrogens is 2. The van der Waals surface area contributed by atoms with Crippen molar-refractivity contribution in [2.24, 2.45) is 0 Å². The number of pyridine rings is 2. The summed E-state index contributed by atoms with van der Waals surface area (Å²) in [4.78, 5) is 25.5. The van der Waals surface area contributed by atoms with Gasteiger partial charge in [0.15, 0.2) is 0 Å². The number of nitrogens with one attached hydrogen (secondary N) is 2. The van der Waals surface area contributed by atoms with Crippen LogP contribution in [0.4, 0.5) is 5.82 Å². The summed E-state index contributed by atoms with van der Waals surface area (Å²) in [5.41, 5.74) is 4.23. The Morgan fingerprint density at radius 3 is 2.78 bits per heavy atom. The summed E-state index contributed by atoms with van der Waals surface area (Å²) in [6, 6.07) is 5.64. The molecule has 1 aliphatic rings. The van der Waals surface area contributed by atoms with Crippen molar-refractivity contribution in [2.45, 2.75) is 6.92 Å². The number of morpholine rings is 1. The number of anilines is 1. The Kier molecular flexibility index (Phi) is 3.38. The molecule has 3 aromatic heterocycles. The summed E-state index contributed by atoms with van der Waals surface area (Å²) in [6.07, 6.45) is 3.67. The summed E-state index contributed by atoms with van der Waals surface area (Å²) in [5.74, 6) is 0.832. The third-order valence-electron chi connectivity index (χ3n) is 4.19. The normalized spacial score (nSPS) is 15.3. The first kappa shape index (κ1) is 14.0. The molecule has 3 aromatic rings. The van der Waals surface area contributed by atoms with Gasteiger partial charge < -0.3 is 19.6 Å². The Morgan fingerprint density at radius 1 is 1.22 bits per heavy atom. The number of ether oxygens (including phenoxy) is 1. The Labute approximate surface area is 133 Å². The lowest BCUT2D eigenvalue weighted by atomic mass is 10.1. The van der Waals surface area contributed by atoms with E-state index in [0.29, 0.717) is 18.7 Å². The lowest BCUT2D eigenvalue weighted by Gasteiger charge is -2.28. The smallest absolute Gasteiger partial charge is 0.207 e. The van der Waals surface area contributed by atoms with Gasteiger partial charge in [-0.25, -0.2) is 0 Å². The van der Waals surface area contributed by atoms with Crippen LogP contribution in [-0.2, 0) is 4.74 Å². The van der Waals surface area contributed by atoms with Crippen molar-refractivity contribution in [3.05, 3.63) is 46.4 Å². The molecule has 1 fully saturated rings. The van der Waals surface area contributed by atoms with E-state index in [4.69, 9.17) is 4.74 Å². The van der Waals surface area contributed by atoms with Crippen molar-refractivity contribution in [1.82, 2.24) is 15.0 Å². The molecule has 118 valence electrons. The second-order valence-electron chi connectivity index (χ2n) is 5.79. The number of aromatic amines is 2. The van der Waals surface area contributed by atoms with Gasteiger partial charge in [0.25, 0.3) is 0 Å². The summed E-state index contributed by atoms with van der Waals surface area (Å²) in [6.45, 7) is 4.93. The highest BCUT2D eigenvalue weighted by Crippen LogP contribution is 2.26. The predicted octanol–water partition coefficient (Wildman–Crippen LogP) is 2.06. The highest BCUT2D eigenvalue weighted by molar-refractivity contribution is 5.92. The standard InChI is InChI=1S/C17H18N4O2/c1-11-2-3-13(18-9-11)12-10-19-17-14(22)8-15(20-16(12)17)21-4-6-23-7-5-21/h2-3,8-10,19H,4-7H2,1H3,(H,20,22). The van der Waals surface area contributed by atoms with Crippen molar-refractivity contribution in [3.63, 3.8) is 0 Å². The largest absolute Gasteiger partial charge is 0.378 e. The molecule has 0 spiro atoms. The average Bonchev–Trinajstić information content (AvgIpc) is 3.01. The molecule has 4 heterocycles. The number of aromatic nitrogens is 3. The SMILES string of the molecule is Cc1ccc(-c2c[nH]c3c(=O)cc(N4CCOCC4)[nH]c23)nc1. The Hall–Kier alpha value is -2.60. The molecule has 0 atom stereocenters. The zero-order valence-corrected chi connectivity index (χ0v) is 12.9. The Balaban J connectivity index is 1.84. The molecule has 0 amide bonds. The average molecular weight is 310 g/mol. The van der Waals surface area contributed by atoms with Crippen LogP contribution in [0.1, 0.15) is 5.56 Å². The maximum Gasteiger partial charge on any atom is 0.207 e. The molecule has 0 bridgehead atoms. The van der Waals surface area contributed by atoms with Crippen molar-refractivity contribution in [1.29, 1.82) is 0 Å². The van der Waals surface area contributed by atoms with E-state index in [9.17, 15) is 4.79 Å². The van der Waals surface area contributed by atoms with E-state index in [1.165, 1.54) is 0 Å². The van der Waals surface area contributed by atoms with E-state index < -0.39 is 0 Å². The van der Waals surface area contributed by atoms with Crippen LogP contribution in [0.2, 0.25) is 0 Å². The van der Waals surface area contributed by atoms with Gasteiger partial charge in [-0.15, -0.1) is 0 Å². The van der Waals surface area contributed by atoms with Crippen molar-refractivity contribution in [3.8, 4) is 11.3 Å². The lowest BCUT2D eigenvalue weighted by Crippen LogP contribution is -2.37. The zero-order chi connectivity index (χ0) is 15.8. The second kappa shape index (κ2) is 5.55. The fraction of sp³-hybridized carbons (Fsp3) is 0.294. The number of hydrogen-bond donors (Lipinski definition) is 2. The molecule has 0 aromatic carbocycles. The maximum absolute atomic E-state index is 12.4. The molecule has 0 radical (unpaired) electrons. The number of nitrogens with zero attached hydrogens (tertiary/aromatic N) is 2. The van der Waals surface area contributed by atoms with Crippen LogP contribution in [0.15, 0.2) is 35.4 Å². The first-order valence-corrected chi connectivity index (χ1v) is 7.72. The molecule has 1 aliphatic heterocycles. The van der Waals surface area contributed by atoms with Crippen LogP contribution >= 0.6 is 0 Å². The van der Waals surface area contributed by atoms with Crippen molar-refractivity contribution >= 4 is 16.9 Å². The van der Waals surface area contributed by atoms with Gasteiger partial charge in [-0.1, -0.05) is 6.07 Å². The van der Waals surface area contributed by atoms with Gasteiger partial charge in [-0.2, -0.15) is 0 Å². The van der Waals surface area contributed by atoms with Gasteiger partial charge in [0.05, 0.1) is 24.4 Å². The topological polar surface area (TPSA) is 74.0 Å². The fourth-order valence-corrected chi connectivity index (χ4v) is 2.91. The lowest BCUT2D eigenvalue weighted by molar-refractivity contribution is 0.122. The van der Waals surface area contributed by atoms with Crippen LogP contribution < -0.4 is 10.3 Å². The monoisotopic (exact) mass is 310 g/mol. The third-order valence-corrected chi connectivity index (χ3v) is 4.19. The zero-order valence-electron chi connectivity index (χ0n) is 12.9. The highest BCUT2D eigenvalue weighted by Gasteiger charge is 2.16. The fourth-order valence-electron chi connectivity index (χ4n) is 2.91. The molecule has 6 nitrogen and oxygen atoms in total. The summed E-state index contributed by atoms with van der Waals surface area (Å²) < 4.78 is 5.38. The molecule has 0 unspecified atom stereocenters. The van der Waals surface area contributed by atoms with E-state index in [-0.39, 0.29) is 5.43 Å². The molecule has 2 N–H and O–H groups in total. The van der Waals surface area contributed by atoms with Gasteiger partial charge in [0.2, 0.25) is 5.43 Å². The molecular formula is C17H18N4O2. The van der Waals surface area contributed by atoms with E-state index in [2.05, 4.69) is 19.9 Å². The van der Waals surface area contributed by atoms with E-state index in [0.717, 1.165) is 41.2 Å². The maximum atomic E-state index is 12.4. The van der Waals surface area contributed by atoms with Crippen LogP contribution in [0.25, 0.3) is 22.3 Å². The van der Waals surface area contributed by atoms with E-state index in [1.54, 1.807) is 6.07 Å². The number of hydrogen-bond acceptors (Lipinski definition) is 4. The molecule has 1 saturated heterocycles. The van der Waals surface area contributed by atoms with Gasteiger partial charge in [-0.3, -0.25) is 9.78 Å². The van der Waals surface area contributed by atoms with Crippen molar-refractivity contribution < 1.29 is 4.74 Å². The Bertz CT molecular complexity index is 889. The minimum Gasteiger partial charge on any atom is -0.378 e. The summed E-state index contributed by atoms with van der Waals surface area (Å²) >= 11 is 0. The first-order valence-electron chi connectivity index (χ1n) is 7.72. The molecule has 0 saturated carbocycles. The number of rotatable bonds is 2. The third kappa shape index (κ3) is 2.51. The minimum atomic E-state index is -0.0152. The molecule has 6 heteroatoms. The number of aryl methyl sites for hydroxylation is 1. The van der Waals surface area contributed by atoms with Crippen LogP contribution in [0.3, 0.4) is 0 Å². The van der Waals surface area contributed by atoms with Gasteiger partial charge in [0.1, 0.15) is 11.3 Å². The van der Waals surface area contributed by atoms with Gasteiger partial charge >= 0.3 is 0 Å². The van der Waals surface area contributed by atoms with Crippen LogP contribution in [0, 0.1) is 6.92 Å².